The lowest BCUT2D eigenvalue weighted by Crippen LogP contribution is -2.27. The van der Waals surface area contributed by atoms with Crippen LogP contribution in [0.3, 0.4) is 0 Å². The topological polar surface area (TPSA) is 71.1 Å². The van der Waals surface area contributed by atoms with E-state index in [-0.39, 0.29) is 11.8 Å². The minimum Gasteiger partial charge on any atom is -0.352 e. The van der Waals surface area contributed by atoms with Crippen LogP contribution in [0.5, 0.6) is 0 Å². The molecule has 1 aliphatic heterocycles. The third-order valence-corrected chi connectivity index (χ3v) is 4.18. The Labute approximate surface area is 135 Å². The van der Waals surface area contributed by atoms with E-state index in [9.17, 15) is 9.59 Å². The highest BCUT2D eigenvalue weighted by atomic mass is 16.2. The van der Waals surface area contributed by atoms with Crippen LogP contribution in [0.25, 0.3) is 0 Å². The van der Waals surface area contributed by atoms with E-state index >= 15 is 0 Å². The first-order valence-electron chi connectivity index (χ1n) is 7.57. The molecule has 0 fully saturated rings. The summed E-state index contributed by atoms with van der Waals surface area (Å²) < 4.78 is 0. The Balaban J connectivity index is 1.66. The van der Waals surface area contributed by atoms with E-state index in [0.717, 1.165) is 22.4 Å². The van der Waals surface area contributed by atoms with Crippen molar-refractivity contribution in [3.63, 3.8) is 0 Å². The summed E-state index contributed by atoms with van der Waals surface area (Å²) in [6.45, 7) is 4.26. The predicted octanol–water partition coefficient (Wildman–Crippen LogP) is 2.17. The van der Waals surface area contributed by atoms with Crippen LogP contribution in [-0.2, 0) is 28.0 Å². The maximum atomic E-state index is 12.1. The first-order valence-corrected chi connectivity index (χ1v) is 7.57. The Hall–Kier alpha value is -2.69. The fraction of sp³-hybridized carbons (Fsp3) is 0.278. The summed E-state index contributed by atoms with van der Waals surface area (Å²) in [5.74, 6) is -0.0522. The molecular weight excluding hydrogens is 290 g/mol. The Morgan fingerprint density at radius 3 is 2.65 bits per heavy atom. The summed E-state index contributed by atoms with van der Waals surface area (Å²) in [5.41, 5.74) is 3.14. The van der Waals surface area contributed by atoms with Crippen LogP contribution in [0.4, 0.5) is 5.69 Å². The summed E-state index contributed by atoms with van der Waals surface area (Å²) in [6.07, 6.45) is 3.70. The van der Waals surface area contributed by atoms with Crippen molar-refractivity contribution in [3.05, 3.63) is 59.4 Å². The molecule has 0 saturated heterocycles. The summed E-state index contributed by atoms with van der Waals surface area (Å²) in [7, 11) is 0. The van der Waals surface area contributed by atoms with E-state index in [4.69, 9.17) is 0 Å². The molecule has 2 amide bonds. The molecule has 2 heterocycles. The molecule has 23 heavy (non-hydrogen) atoms. The second kappa shape index (κ2) is 5.83. The van der Waals surface area contributed by atoms with Crippen LogP contribution in [-0.4, -0.2) is 16.8 Å². The molecule has 5 nitrogen and oxygen atoms in total. The van der Waals surface area contributed by atoms with Gasteiger partial charge in [-0.2, -0.15) is 0 Å². The smallest absolute Gasteiger partial charge is 0.234 e. The van der Waals surface area contributed by atoms with Crippen molar-refractivity contribution in [2.75, 3.05) is 5.32 Å². The van der Waals surface area contributed by atoms with Crippen LogP contribution < -0.4 is 10.6 Å². The number of carbonyl (C=O) groups is 2. The van der Waals surface area contributed by atoms with Crippen LogP contribution in [0.15, 0.2) is 42.7 Å². The Bertz CT molecular complexity index is 754. The van der Waals surface area contributed by atoms with Crippen molar-refractivity contribution in [2.45, 2.75) is 32.2 Å². The zero-order valence-electron chi connectivity index (χ0n) is 13.2. The second-order valence-corrected chi connectivity index (χ2v) is 6.27. The minimum atomic E-state index is -0.557. The van der Waals surface area contributed by atoms with Crippen LogP contribution in [0.2, 0.25) is 0 Å². The number of rotatable bonds is 4. The highest BCUT2D eigenvalue weighted by Crippen LogP contribution is 2.37. The van der Waals surface area contributed by atoms with E-state index in [1.807, 2.05) is 44.2 Å². The van der Waals surface area contributed by atoms with Gasteiger partial charge in [0.1, 0.15) is 0 Å². The average molecular weight is 309 g/mol. The van der Waals surface area contributed by atoms with E-state index in [1.165, 1.54) is 0 Å². The molecule has 0 saturated carbocycles. The standard InChI is InChI=1S/C18H19N3O2/c1-18(2)14-9-13(3-4-15(14)21-17(18)23)10-16(22)20-11-12-5-7-19-8-6-12/h3-9H,10-11H2,1-2H3,(H,20,22)(H,21,23). The van der Waals surface area contributed by atoms with E-state index in [0.29, 0.717) is 13.0 Å². The lowest BCUT2D eigenvalue weighted by Gasteiger charge is -2.15. The first kappa shape index (κ1) is 15.2. The van der Waals surface area contributed by atoms with Gasteiger partial charge in [0.15, 0.2) is 0 Å². The van der Waals surface area contributed by atoms with E-state index in [2.05, 4.69) is 15.6 Å². The van der Waals surface area contributed by atoms with Gasteiger partial charge in [-0.25, -0.2) is 0 Å². The maximum Gasteiger partial charge on any atom is 0.234 e. The predicted molar refractivity (Wildman–Crippen MR) is 87.9 cm³/mol. The van der Waals surface area contributed by atoms with Crippen molar-refractivity contribution in [1.82, 2.24) is 10.3 Å². The van der Waals surface area contributed by atoms with Gasteiger partial charge in [-0.1, -0.05) is 12.1 Å². The van der Waals surface area contributed by atoms with Gasteiger partial charge >= 0.3 is 0 Å². The van der Waals surface area contributed by atoms with Crippen molar-refractivity contribution >= 4 is 17.5 Å². The van der Waals surface area contributed by atoms with Crippen LogP contribution >= 0.6 is 0 Å². The number of nitrogens with one attached hydrogen (secondary N) is 2. The Kier molecular flexibility index (Phi) is 3.86. The van der Waals surface area contributed by atoms with Gasteiger partial charge in [-0.05, 0) is 48.7 Å². The van der Waals surface area contributed by atoms with Gasteiger partial charge in [-0.3, -0.25) is 14.6 Å². The number of hydrogen-bond donors (Lipinski definition) is 2. The minimum absolute atomic E-state index is 0.00760. The molecule has 2 N–H and O–H groups in total. The quantitative estimate of drug-likeness (QED) is 0.909. The van der Waals surface area contributed by atoms with E-state index < -0.39 is 5.41 Å². The number of aromatic nitrogens is 1. The lowest BCUT2D eigenvalue weighted by atomic mass is 9.85. The first-order chi connectivity index (χ1) is 11.0. The monoisotopic (exact) mass is 309 g/mol. The van der Waals surface area contributed by atoms with Gasteiger partial charge in [0.05, 0.1) is 11.8 Å². The SMILES string of the molecule is CC1(C)C(=O)Nc2ccc(CC(=O)NCc3ccncc3)cc21. The maximum absolute atomic E-state index is 12.1. The second-order valence-electron chi connectivity index (χ2n) is 6.27. The third-order valence-electron chi connectivity index (χ3n) is 4.18. The summed E-state index contributed by atoms with van der Waals surface area (Å²) in [4.78, 5) is 28.0. The average Bonchev–Trinajstić information content (AvgIpc) is 2.76. The molecule has 0 spiro atoms. The number of fused-ring (bicyclic) bond motifs is 1. The largest absolute Gasteiger partial charge is 0.352 e. The number of benzene rings is 1. The molecule has 0 atom stereocenters. The number of amides is 2. The Morgan fingerprint density at radius 1 is 1.17 bits per heavy atom. The van der Waals surface area contributed by atoms with Crippen molar-refractivity contribution in [2.24, 2.45) is 0 Å². The van der Waals surface area contributed by atoms with Crippen molar-refractivity contribution in [1.29, 1.82) is 0 Å². The van der Waals surface area contributed by atoms with Crippen LogP contribution in [0, 0.1) is 0 Å². The van der Waals surface area contributed by atoms with Crippen molar-refractivity contribution < 1.29 is 9.59 Å². The van der Waals surface area contributed by atoms with Crippen molar-refractivity contribution in [3.8, 4) is 0 Å². The molecule has 0 radical (unpaired) electrons. The molecule has 3 rings (SSSR count). The molecule has 1 aliphatic rings. The molecule has 1 aromatic carbocycles. The number of hydrogen-bond acceptors (Lipinski definition) is 3. The highest BCUT2D eigenvalue weighted by Gasteiger charge is 2.38. The molecule has 2 aromatic rings. The summed E-state index contributed by atoms with van der Waals surface area (Å²) in [6, 6.07) is 9.43. The van der Waals surface area contributed by atoms with Gasteiger partial charge < -0.3 is 10.6 Å². The number of pyridine rings is 1. The fourth-order valence-corrected chi connectivity index (χ4v) is 2.68. The molecule has 0 aliphatic carbocycles. The lowest BCUT2D eigenvalue weighted by molar-refractivity contribution is -0.121. The zero-order valence-corrected chi connectivity index (χ0v) is 13.2. The van der Waals surface area contributed by atoms with Gasteiger partial charge in [-0.15, -0.1) is 0 Å². The summed E-state index contributed by atoms with van der Waals surface area (Å²) >= 11 is 0. The van der Waals surface area contributed by atoms with E-state index in [1.54, 1.807) is 12.4 Å². The van der Waals surface area contributed by atoms with Gasteiger partial charge in [0, 0.05) is 24.6 Å². The molecule has 0 unspecified atom stereocenters. The summed E-state index contributed by atoms with van der Waals surface area (Å²) in [5, 5.41) is 5.76. The van der Waals surface area contributed by atoms with Crippen LogP contribution in [0.1, 0.15) is 30.5 Å². The number of carbonyl (C=O) groups excluding carboxylic acids is 2. The normalized spacial score (nSPS) is 15.0. The molecule has 0 bridgehead atoms. The number of nitrogens with zero attached hydrogens (tertiary/aromatic N) is 1. The molecule has 118 valence electrons. The zero-order chi connectivity index (χ0) is 16.4. The molecule has 1 aromatic heterocycles. The molecular formula is C18H19N3O2. The molecule has 5 heteroatoms. The third kappa shape index (κ3) is 3.08. The Morgan fingerprint density at radius 2 is 1.91 bits per heavy atom. The highest BCUT2D eigenvalue weighted by molar-refractivity contribution is 6.05. The van der Waals surface area contributed by atoms with Gasteiger partial charge in [0.25, 0.3) is 0 Å². The number of anilines is 1. The van der Waals surface area contributed by atoms with Gasteiger partial charge in [0.2, 0.25) is 11.8 Å². The fourth-order valence-electron chi connectivity index (χ4n) is 2.68.